The second-order valence-electron chi connectivity index (χ2n) is 2.49. The summed E-state index contributed by atoms with van der Waals surface area (Å²) in [5.41, 5.74) is 0.473. The van der Waals surface area contributed by atoms with Crippen molar-refractivity contribution in [1.29, 1.82) is 0 Å². The molecule has 0 aliphatic rings. The van der Waals surface area contributed by atoms with Gasteiger partial charge in [-0.05, 0) is 6.08 Å². The lowest BCUT2D eigenvalue weighted by Gasteiger charge is -2.04. The maximum Gasteiger partial charge on any atom is 0.328 e. The lowest BCUT2D eigenvalue weighted by atomic mass is 10.3. The summed E-state index contributed by atoms with van der Waals surface area (Å²) in [6, 6.07) is 0.166. The molecule has 1 aromatic rings. The Bertz CT molecular complexity index is 390. The van der Waals surface area contributed by atoms with Crippen LogP contribution < -0.4 is 9.47 Å². The molecule has 6 heteroatoms. The molecule has 1 N–H and O–H groups in total. The molecule has 0 saturated carbocycles. The van der Waals surface area contributed by atoms with Crippen LogP contribution in [0.5, 0.6) is 11.9 Å². The Morgan fingerprint density at radius 1 is 1.47 bits per heavy atom. The number of carboxylic acid groups (broad SMARTS) is 1. The van der Waals surface area contributed by atoms with Gasteiger partial charge in [0, 0.05) is 12.3 Å². The summed E-state index contributed by atoms with van der Waals surface area (Å²) in [6.45, 7) is 0. The van der Waals surface area contributed by atoms with E-state index in [9.17, 15) is 4.79 Å². The molecule has 15 heavy (non-hydrogen) atoms. The maximum atomic E-state index is 10.3. The van der Waals surface area contributed by atoms with Crippen molar-refractivity contribution in [2.24, 2.45) is 0 Å². The maximum absolute atomic E-state index is 10.3. The Kier molecular flexibility index (Phi) is 3.61. The molecule has 0 amide bonds. The van der Waals surface area contributed by atoms with Crippen LogP contribution in [0.15, 0.2) is 12.3 Å². The number of hydrogen-bond donors (Lipinski definition) is 1. The molecule has 1 aromatic heterocycles. The van der Waals surface area contributed by atoms with Gasteiger partial charge in [0.25, 0.3) is 0 Å². The third-order valence-corrected chi connectivity index (χ3v) is 1.54. The van der Waals surface area contributed by atoms with Crippen molar-refractivity contribution in [3.05, 3.63) is 17.8 Å². The molecule has 6 nitrogen and oxygen atoms in total. The van der Waals surface area contributed by atoms with Gasteiger partial charge in [-0.15, -0.1) is 0 Å². The molecule has 1 rings (SSSR count). The van der Waals surface area contributed by atoms with E-state index >= 15 is 0 Å². The van der Waals surface area contributed by atoms with Crippen LogP contribution in [-0.4, -0.2) is 35.3 Å². The average Bonchev–Trinajstić information content (AvgIpc) is 2.25. The van der Waals surface area contributed by atoms with E-state index in [1.165, 1.54) is 26.5 Å². The molecule has 0 radical (unpaired) electrons. The summed E-state index contributed by atoms with van der Waals surface area (Å²) >= 11 is 0. The lowest BCUT2D eigenvalue weighted by Crippen LogP contribution is -1.97. The minimum Gasteiger partial charge on any atom is -0.480 e. The molecule has 0 unspecified atom stereocenters. The summed E-state index contributed by atoms with van der Waals surface area (Å²) in [5.74, 6) is -0.785. The minimum atomic E-state index is -1.05. The third kappa shape index (κ3) is 2.94. The highest BCUT2D eigenvalue weighted by Gasteiger charge is 2.05. The van der Waals surface area contributed by atoms with Gasteiger partial charge in [-0.25, -0.2) is 9.78 Å². The van der Waals surface area contributed by atoms with Crippen LogP contribution >= 0.6 is 0 Å². The second-order valence-corrected chi connectivity index (χ2v) is 2.49. The number of aromatic nitrogens is 2. The fourth-order valence-corrected chi connectivity index (χ4v) is 0.897. The molecule has 0 aliphatic heterocycles. The highest BCUT2D eigenvalue weighted by Crippen LogP contribution is 2.18. The van der Waals surface area contributed by atoms with Crippen molar-refractivity contribution in [1.82, 2.24) is 9.97 Å². The molecule has 0 bridgehead atoms. The smallest absolute Gasteiger partial charge is 0.328 e. The van der Waals surface area contributed by atoms with Gasteiger partial charge in [0.1, 0.15) is 0 Å². The molecule has 0 aliphatic carbocycles. The lowest BCUT2D eigenvalue weighted by molar-refractivity contribution is -0.131. The van der Waals surface area contributed by atoms with E-state index in [1.807, 2.05) is 0 Å². The van der Waals surface area contributed by atoms with Gasteiger partial charge in [-0.3, -0.25) is 0 Å². The van der Waals surface area contributed by atoms with Crippen molar-refractivity contribution < 1.29 is 19.4 Å². The topological polar surface area (TPSA) is 81.5 Å². The number of methoxy groups -OCH3 is 2. The zero-order valence-corrected chi connectivity index (χ0v) is 8.30. The monoisotopic (exact) mass is 210 g/mol. The minimum absolute atomic E-state index is 0.166. The van der Waals surface area contributed by atoms with Crippen LogP contribution in [-0.2, 0) is 4.79 Å². The van der Waals surface area contributed by atoms with Crippen molar-refractivity contribution in [2.75, 3.05) is 14.2 Å². The van der Waals surface area contributed by atoms with E-state index in [2.05, 4.69) is 9.97 Å². The van der Waals surface area contributed by atoms with E-state index in [-0.39, 0.29) is 11.9 Å². The first-order chi connectivity index (χ1) is 7.17. The molecule has 0 saturated heterocycles. The molecular weight excluding hydrogens is 200 g/mol. The number of aliphatic carboxylic acids is 1. The number of carbonyl (C=O) groups is 1. The Morgan fingerprint density at radius 2 is 2.20 bits per heavy atom. The summed E-state index contributed by atoms with van der Waals surface area (Å²) in [5, 5.41) is 8.45. The molecule has 0 atom stereocenters. The third-order valence-electron chi connectivity index (χ3n) is 1.54. The number of rotatable bonds is 4. The second kappa shape index (κ2) is 4.94. The summed E-state index contributed by atoms with van der Waals surface area (Å²) in [6.07, 6.45) is 3.75. The number of carboxylic acids is 1. The Hall–Kier alpha value is -2.11. The quantitative estimate of drug-likeness (QED) is 0.732. The normalized spacial score (nSPS) is 10.3. The van der Waals surface area contributed by atoms with Crippen molar-refractivity contribution in [3.63, 3.8) is 0 Å². The Balaban J connectivity index is 3.02. The highest BCUT2D eigenvalue weighted by molar-refractivity contribution is 5.85. The summed E-state index contributed by atoms with van der Waals surface area (Å²) in [7, 11) is 2.86. The SMILES string of the molecule is COc1ncc(C=CC(=O)O)c(OC)n1. The average molecular weight is 210 g/mol. The summed E-state index contributed by atoms with van der Waals surface area (Å²) in [4.78, 5) is 18.0. The first kappa shape index (κ1) is 11.0. The van der Waals surface area contributed by atoms with Crippen LogP contribution in [0.4, 0.5) is 0 Å². The van der Waals surface area contributed by atoms with Crippen molar-refractivity contribution in [2.45, 2.75) is 0 Å². The van der Waals surface area contributed by atoms with E-state index < -0.39 is 5.97 Å². The molecule has 1 heterocycles. The van der Waals surface area contributed by atoms with Gasteiger partial charge in [0.15, 0.2) is 0 Å². The van der Waals surface area contributed by atoms with Gasteiger partial charge >= 0.3 is 12.0 Å². The predicted octanol–water partition coefficient (Wildman–Crippen LogP) is 0.592. The van der Waals surface area contributed by atoms with Crippen LogP contribution in [0.2, 0.25) is 0 Å². The van der Waals surface area contributed by atoms with E-state index in [0.717, 1.165) is 6.08 Å². The molecular formula is C9H10N2O4. The van der Waals surface area contributed by atoms with Gasteiger partial charge in [0.05, 0.1) is 19.8 Å². The molecule has 0 spiro atoms. The Morgan fingerprint density at radius 3 is 2.73 bits per heavy atom. The number of ether oxygens (including phenoxy) is 2. The number of hydrogen-bond acceptors (Lipinski definition) is 5. The van der Waals surface area contributed by atoms with E-state index in [0.29, 0.717) is 5.56 Å². The van der Waals surface area contributed by atoms with Crippen LogP contribution in [0.25, 0.3) is 6.08 Å². The first-order valence-electron chi connectivity index (χ1n) is 4.03. The molecule has 80 valence electrons. The fourth-order valence-electron chi connectivity index (χ4n) is 0.897. The van der Waals surface area contributed by atoms with Crippen LogP contribution in [0, 0.1) is 0 Å². The predicted molar refractivity (Wildman–Crippen MR) is 51.8 cm³/mol. The van der Waals surface area contributed by atoms with E-state index in [1.54, 1.807) is 0 Å². The molecule has 0 fully saturated rings. The van der Waals surface area contributed by atoms with Crippen molar-refractivity contribution >= 4 is 12.0 Å². The number of nitrogens with zero attached hydrogens (tertiary/aromatic N) is 2. The zero-order chi connectivity index (χ0) is 11.3. The standard InChI is InChI=1S/C9H10N2O4/c1-14-8-6(3-4-7(12)13)5-10-9(11-8)15-2/h3-5H,1-2H3,(H,12,13). The first-order valence-corrected chi connectivity index (χ1v) is 4.03. The van der Waals surface area contributed by atoms with Gasteiger partial charge in [-0.2, -0.15) is 4.98 Å². The van der Waals surface area contributed by atoms with Gasteiger partial charge < -0.3 is 14.6 Å². The highest BCUT2D eigenvalue weighted by atomic mass is 16.5. The van der Waals surface area contributed by atoms with Crippen LogP contribution in [0.1, 0.15) is 5.56 Å². The van der Waals surface area contributed by atoms with Gasteiger partial charge in [-0.1, -0.05) is 0 Å². The summed E-state index contributed by atoms with van der Waals surface area (Å²) < 4.78 is 9.74. The van der Waals surface area contributed by atoms with Crippen molar-refractivity contribution in [3.8, 4) is 11.9 Å². The van der Waals surface area contributed by atoms with Gasteiger partial charge in [0.2, 0.25) is 5.88 Å². The Labute approximate surface area is 86.2 Å². The fraction of sp³-hybridized carbons (Fsp3) is 0.222. The van der Waals surface area contributed by atoms with Crippen LogP contribution in [0.3, 0.4) is 0 Å². The largest absolute Gasteiger partial charge is 0.480 e. The van der Waals surface area contributed by atoms with E-state index in [4.69, 9.17) is 14.6 Å². The molecule has 0 aromatic carbocycles. The zero-order valence-electron chi connectivity index (χ0n) is 8.30.